The summed E-state index contributed by atoms with van der Waals surface area (Å²) in [6.45, 7) is 0. The molecule has 1 aromatic heterocycles. The molecular weight excluding hydrogens is 201 g/mol. The third-order valence-corrected chi connectivity index (χ3v) is 2.32. The first-order valence-electron chi connectivity index (χ1n) is 5.13. The molecule has 0 atom stereocenters. The molecule has 2 heteroatoms. The molecule has 0 spiro atoms. The molecule has 1 aromatic carbocycles. The van der Waals surface area contributed by atoms with E-state index in [2.05, 4.69) is 0 Å². The summed E-state index contributed by atoms with van der Waals surface area (Å²) in [5.41, 5.74) is 1.97. The second-order valence-electron chi connectivity index (χ2n) is 3.69. The van der Waals surface area contributed by atoms with Crippen molar-refractivity contribution in [2.24, 2.45) is 7.05 Å². The Morgan fingerprint density at radius 1 is 1.00 bits per heavy atom. The SMILES string of the molecule is C[n+]1ccc(/C=C/c2cccc(F)c2)cc1. The Balaban J connectivity index is 2.18. The van der Waals surface area contributed by atoms with E-state index in [1.54, 1.807) is 6.07 Å². The molecular formula is C14H13FN+. The number of halogens is 1. The van der Waals surface area contributed by atoms with Crippen LogP contribution in [-0.2, 0) is 7.05 Å². The van der Waals surface area contributed by atoms with Gasteiger partial charge in [-0.15, -0.1) is 0 Å². The van der Waals surface area contributed by atoms with Crippen molar-refractivity contribution in [1.29, 1.82) is 0 Å². The lowest BCUT2D eigenvalue weighted by molar-refractivity contribution is -0.671. The van der Waals surface area contributed by atoms with E-state index < -0.39 is 0 Å². The van der Waals surface area contributed by atoms with Crippen molar-refractivity contribution in [3.05, 3.63) is 65.7 Å². The molecule has 0 aliphatic carbocycles. The number of hydrogen-bond acceptors (Lipinski definition) is 0. The van der Waals surface area contributed by atoms with Crippen LogP contribution in [0.4, 0.5) is 4.39 Å². The average molecular weight is 214 g/mol. The van der Waals surface area contributed by atoms with E-state index in [1.165, 1.54) is 12.1 Å². The maximum atomic E-state index is 12.9. The molecule has 2 aromatic rings. The summed E-state index contributed by atoms with van der Waals surface area (Å²) in [5, 5.41) is 0. The zero-order valence-corrected chi connectivity index (χ0v) is 9.10. The Morgan fingerprint density at radius 3 is 2.38 bits per heavy atom. The molecule has 0 amide bonds. The second kappa shape index (κ2) is 4.71. The van der Waals surface area contributed by atoms with E-state index in [9.17, 15) is 4.39 Å². The van der Waals surface area contributed by atoms with Gasteiger partial charge in [0.25, 0.3) is 0 Å². The Hall–Kier alpha value is -1.96. The van der Waals surface area contributed by atoms with Crippen molar-refractivity contribution in [3.63, 3.8) is 0 Å². The first-order valence-corrected chi connectivity index (χ1v) is 5.13. The van der Waals surface area contributed by atoms with Gasteiger partial charge in [0, 0.05) is 12.1 Å². The number of rotatable bonds is 2. The van der Waals surface area contributed by atoms with Crippen LogP contribution in [0.3, 0.4) is 0 Å². The van der Waals surface area contributed by atoms with Gasteiger partial charge in [-0.25, -0.2) is 8.96 Å². The van der Waals surface area contributed by atoms with Crippen molar-refractivity contribution in [3.8, 4) is 0 Å². The summed E-state index contributed by atoms with van der Waals surface area (Å²) in [7, 11) is 1.97. The summed E-state index contributed by atoms with van der Waals surface area (Å²) in [4.78, 5) is 0. The number of nitrogens with zero attached hydrogens (tertiary/aromatic N) is 1. The molecule has 0 saturated heterocycles. The van der Waals surface area contributed by atoms with Crippen molar-refractivity contribution >= 4 is 12.2 Å². The van der Waals surface area contributed by atoms with Gasteiger partial charge in [0.05, 0.1) is 0 Å². The van der Waals surface area contributed by atoms with E-state index in [1.807, 2.05) is 54.4 Å². The molecule has 0 unspecified atom stereocenters. The van der Waals surface area contributed by atoms with Crippen LogP contribution in [0.2, 0.25) is 0 Å². The smallest absolute Gasteiger partial charge is 0.169 e. The number of pyridine rings is 1. The van der Waals surface area contributed by atoms with Crippen LogP contribution in [0, 0.1) is 5.82 Å². The van der Waals surface area contributed by atoms with Crippen LogP contribution in [0.5, 0.6) is 0 Å². The fraction of sp³-hybridized carbons (Fsp3) is 0.0714. The van der Waals surface area contributed by atoms with Gasteiger partial charge in [0.15, 0.2) is 12.4 Å². The maximum Gasteiger partial charge on any atom is 0.169 e. The Labute approximate surface area is 94.5 Å². The Morgan fingerprint density at radius 2 is 1.69 bits per heavy atom. The molecule has 1 nitrogen and oxygen atoms in total. The van der Waals surface area contributed by atoms with Gasteiger partial charge in [-0.3, -0.25) is 0 Å². The highest BCUT2D eigenvalue weighted by Gasteiger charge is 1.93. The third kappa shape index (κ3) is 2.76. The summed E-state index contributed by atoms with van der Waals surface area (Å²) in [5.74, 6) is -0.207. The number of aryl methyl sites for hydroxylation is 1. The Kier molecular flexibility index (Phi) is 3.10. The van der Waals surface area contributed by atoms with E-state index in [-0.39, 0.29) is 5.82 Å². The highest BCUT2D eigenvalue weighted by molar-refractivity contribution is 5.69. The predicted octanol–water partition coefficient (Wildman–Crippen LogP) is 2.82. The molecule has 0 aliphatic rings. The molecule has 80 valence electrons. The molecule has 16 heavy (non-hydrogen) atoms. The average Bonchev–Trinajstić information content (AvgIpc) is 2.28. The van der Waals surface area contributed by atoms with Crippen molar-refractivity contribution in [2.45, 2.75) is 0 Å². The largest absolute Gasteiger partial charge is 0.208 e. The minimum Gasteiger partial charge on any atom is -0.208 e. The van der Waals surface area contributed by atoms with Crippen molar-refractivity contribution in [1.82, 2.24) is 0 Å². The standard InChI is InChI=1S/C14H13FN/c1-16-9-7-12(8-10-16)5-6-13-3-2-4-14(15)11-13/h2-11H,1H3/q+1/b6-5+. The van der Waals surface area contributed by atoms with Gasteiger partial charge in [-0.2, -0.15) is 0 Å². The Bertz CT molecular complexity index is 500. The summed E-state index contributed by atoms with van der Waals surface area (Å²) < 4.78 is 14.9. The van der Waals surface area contributed by atoms with Gasteiger partial charge in [0.2, 0.25) is 0 Å². The van der Waals surface area contributed by atoms with Crippen LogP contribution >= 0.6 is 0 Å². The van der Waals surface area contributed by atoms with Crippen LogP contribution < -0.4 is 4.57 Å². The van der Waals surface area contributed by atoms with Gasteiger partial charge in [-0.1, -0.05) is 24.3 Å². The van der Waals surface area contributed by atoms with Gasteiger partial charge in [-0.05, 0) is 23.3 Å². The minimum atomic E-state index is -0.207. The normalized spacial score (nSPS) is 10.9. The zero-order valence-electron chi connectivity index (χ0n) is 9.10. The quantitative estimate of drug-likeness (QED) is 0.677. The summed E-state index contributed by atoms with van der Waals surface area (Å²) in [6.07, 6.45) is 7.82. The van der Waals surface area contributed by atoms with Crippen LogP contribution in [0.15, 0.2) is 48.8 Å². The fourth-order valence-corrected chi connectivity index (χ4v) is 1.43. The number of aromatic nitrogens is 1. The van der Waals surface area contributed by atoms with Gasteiger partial charge in [0.1, 0.15) is 12.9 Å². The predicted molar refractivity (Wildman–Crippen MR) is 62.9 cm³/mol. The van der Waals surface area contributed by atoms with E-state index in [4.69, 9.17) is 0 Å². The number of hydrogen-bond donors (Lipinski definition) is 0. The second-order valence-corrected chi connectivity index (χ2v) is 3.69. The first kappa shape index (κ1) is 10.6. The van der Waals surface area contributed by atoms with Crippen LogP contribution in [0.1, 0.15) is 11.1 Å². The topological polar surface area (TPSA) is 3.88 Å². The lowest BCUT2D eigenvalue weighted by Crippen LogP contribution is -2.25. The molecule has 2 rings (SSSR count). The highest BCUT2D eigenvalue weighted by Crippen LogP contribution is 2.08. The summed E-state index contributed by atoms with van der Waals surface area (Å²) >= 11 is 0. The zero-order chi connectivity index (χ0) is 11.4. The minimum absolute atomic E-state index is 0.207. The maximum absolute atomic E-state index is 12.9. The lowest BCUT2D eigenvalue weighted by Gasteiger charge is -1.94. The highest BCUT2D eigenvalue weighted by atomic mass is 19.1. The molecule has 0 radical (unpaired) electrons. The molecule has 0 aliphatic heterocycles. The van der Waals surface area contributed by atoms with Crippen molar-refractivity contribution in [2.75, 3.05) is 0 Å². The van der Waals surface area contributed by atoms with E-state index in [0.717, 1.165) is 11.1 Å². The van der Waals surface area contributed by atoms with Crippen LogP contribution in [-0.4, -0.2) is 0 Å². The fourth-order valence-electron chi connectivity index (χ4n) is 1.43. The summed E-state index contributed by atoms with van der Waals surface area (Å²) in [6, 6.07) is 10.6. The molecule has 0 saturated carbocycles. The molecule has 1 heterocycles. The van der Waals surface area contributed by atoms with Gasteiger partial charge >= 0.3 is 0 Å². The van der Waals surface area contributed by atoms with E-state index >= 15 is 0 Å². The van der Waals surface area contributed by atoms with Gasteiger partial charge < -0.3 is 0 Å². The number of benzene rings is 1. The molecule has 0 fully saturated rings. The lowest BCUT2D eigenvalue weighted by atomic mass is 10.1. The molecule has 0 bridgehead atoms. The van der Waals surface area contributed by atoms with E-state index in [0.29, 0.717) is 0 Å². The molecule has 0 N–H and O–H groups in total. The monoisotopic (exact) mass is 214 g/mol. The van der Waals surface area contributed by atoms with Crippen molar-refractivity contribution < 1.29 is 8.96 Å². The first-order chi connectivity index (χ1) is 7.74. The third-order valence-electron chi connectivity index (χ3n) is 2.32. The van der Waals surface area contributed by atoms with Crippen LogP contribution in [0.25, 0.3) is 12.2 Å².